The van der Waals surface area contributed by atoms with Crippen molar-refractivity contribution < 1.29 is 14.3 Å². The van der Waals surface area contributed by atoms with Crippen molar-refractivity contribution in [2.45, 2.75) is 39.2 Å². The van der Waals surface area contributed by atoms with Crippen LogP contribution in [-0.4, -0.2) is 34.9 Å². The van der Waals surface area contributed by atoms with Crippen LogP contribution in [0.5, 0.6) is 5.75 Å². The highest BCUT2D eigenvalue weighted by Crippen LogP contribution is 2.16. The fourth-order valence-electron chi connectivity index (χ4n) is 3.20. The number of aromatic amines is 1. The number of anilines is 1. The van der Waals surface area contributed by atoms with E-state index in [9.17, 15) is 9.59 Å². The van der Waals surface area contributed by atoms with E-state index in [1.807, 2.05) is 62.4 Å². The highest BCUT2D eigenvalue weighted by molar-refractivity contribution is 5.97. The van der Waals surface area contributed by atoms with E-state index < -0.39 is 6.04 Å². The molecule has 2 amide bonds. The first-order valence-corrected chi connectivity index (χ1v) is 10.2. The summed E-state index contributed by atoms with van der Waals surface area (Å²) < 4.78 is 5.15. The molecule has 1 aromatic heterocycles. The van der Waals surface area contributed by atoms with E-state index in [2.05, 4.69) is 20.6 Å². The van der Waals surface area contributed by atoms with Crippen LogP contribution < -0.4 is 15.4 Å². The molecule has 0 aliphatic carbocycles. The van der Waals surface area contributed by atoms with Gasteiger partial charge in [0.1, 0.15) is 11.8 Å². The zero-order chi connectivity index (χ0) is 21.5. The number of amides is 2. The van der Waals surface area contributed by atoms with Crippen molar-refractivity contribution in [3.8, 4) is 5.75 Å². The van der Waals surface area contributed by atoms with Gasteiger partial charge in [-0.05, 0) is 42.2 Å². The summed E-state index contributed by atoms with van der Waals surface area (Å²) >= 11 is 0. The maximum Gasteiger partial charge on any atom is 0.249 e. The maximum absolute atomic E-state index is 12.9. The van der Waals surface area contributed by atoms with Crippen LogP contribution in [0.1, 0.15) is 32.3 Å². The van der Waals surface area contributed by atoms with Crippen molar-refractivity contribution in [3.05, 3.63) is 54.1 Å². The third-order valence-electron chi connectivity index (χ3n) is 5.24. The molecule has 0 unspecified atom stereocenters. The number of imidazole rings is 1. The predicted molar refractivity (Wildman–Crippen MR) is 117 cm³/mol. The number of hydrogen-bond acceptors (Lipinski definition) is 4. The Morgan fingerprint density at radius 3 is 2.53 bits per heavy atom. The Morgan fingerprint density at radius 1 is 1.13 bits per heavy atom. The van der Waals surface area contributed by atoms with Gasteiger partial charge in [-0.15, -0.1) is 0 Å². The van der Waals surface area contributed by atoms with Crippen LogP contribution in [0.4, 0.5) is 5.95 Å². The monoisotopic (exact) mass is 408 g/mol. The molecule has 0 aliphatic rings. The predicted octanol–water partition coefficient (Wildman–Crippen LogP) is 3.67. The van der Waals surface area contributed by atoms with Crippen LogP contribution >= 0.6 is 0 Å². The molecule has 7 nitrogen and oxygen atoms in total. The van der Waals surface area contributed by atoms with Gasteiger partial charge < -0.3 is 15.0 Å². The maximum atomic E-state index is 12.9. The summed E-state index contributed by atoms with van der Waals surface area (Å²) in [7, 11) is 1.62. The van der Waals surface area contributed by atoms with E-state index in [0.29, 0.717) is 18.8 Å². The topological polar surface area (TPSA) is 96.1 Å². The second-order valence-corrected chi connectivity index (χ2v) is 7.37. The summed E-state index contributed by atoms with van der Waals surface area (Å²) in [5.41, 5.74) is 2.66. The van der Waals surface area contributed by atoms with E-state index in [4.69, 9.17) is 4.74 Å². The average molecular weight is 409 g/mol. The van der Waals surface area contributed by atoms with Gasteiger partial charge in [-0.25, -0.2) is 4.98 Å². The lowest BCUT2D eigenvalue weighted by Gasteiger charge is -2.23. The number of aryl methyl sites for hydroxylation is 1. The molecule has 0 saturated carbocycles. The van der Waals surface area contributed by atoms with Crippen molar-refractivity contribution in [3.63, 3.8) is 0 Å². The number of aromatic nitrogens is 2. The number of nitrogens with zero attached hydrogens (tertiary/aromatic N) is 1. The van der Waals surface area contributed by atoms with Crippen molar-refractivity contribution in [2.75, 3.05) is 12.4 Å². The van der Waals surface area contributed by atoms with E-state index >= 15 is 0 Å². The second kappa shape index (κ2) is 9.91. The average Bonchev–Trinajstić information content (AvgIpc) is 3.18. The third-order valence-corrected chi connectivity index (χ3v) is 5.24. The number of H-pyrrole nitrogens is 1. The Hall–Kier alpha value is -3.35. The Bertz CT molecular complexity index is 964. The number of carbonyl (C=O) groups excluding carboxylic acids is 2. The molecule has 0 fully saturated rings. The standard InChI is InChI=1S/C23H28N4O3/c1-4-15(2)21(22(29)27-23-24-18-7-5-6-8-19(18)25-23)26-20(28)14-11-16-9-12-17(30-3)13-10-16/h5-10,12-13,15,21H,4,11,14H2,1-3H3,(H,26,28)(H2,24,25,27,29)/t15-,21-/m1/s1. The zero-order valence-electron chi connectivity index (χ0n) is 17.6. The number of rotatable bonds is 9. The molecular weight excluding hydrogens is 380 g/mol. The summed E-state index contributed by atoms with van der Waals surface area (Å²) in [6.07, 6.45) is 1.66. The normalized spacial score (nSPS) is 12.9. The highest BCUT2D eigenvalue weighted by Gasteiger charge is 2.26. The van der Waals surface area contributed by atoms with Crippen LogP contribution in [0.15, 0.2) is 48.5 Å². The van der Waals surface area contributed by atoms with Crippen LogP contribution in [0.2, 0.25) is 0 Å². The summed E-state index contributed by atoms with van der Waals surface area (Å²) in [6, 6.07) is 14.5. The smallest absolute Gasteiger partial charge is 0.249 e. The van der Waals surface area contributed by atoms with Crippen molar-refractivity contribution in [1.82, 2.24) is 15.3 Å². The summed E-state index contributed by atoms with van der Waals surface area (Å²) in [4.78, 5) is 32.9. The molecule has 3 aromatic rings. The lowest BCUT2D eigenvalue weighted by atomic mass is 9.98. The number of nitrogens with one attached hydrogen (secondary N) is 3. The molecule has 3 rings (SSSR count). The lowest BCUT2D eigenvalue weighted by Crippen LogP contribution is -2.47. The quantitative estimate of drug-likeness (QED) is 0.503. The molecule has 2 aromatic carbocycles. The second-order valence-electron chi connectivity index (χ2n) is 7.37. The van der Waals surface area contributed by atoms with Gasteiger partial charge in [0.05, 0.1) is 18.1 Å². The van der Waals surface area contributed by atoms with Gasteiger partial charge in [0.15, 0.2) is 0 Å². The molecule has 2 atom stereocenters. The Kier molecular flexibility index (Phi) is 7.06. The molecule has 3 N–H and O–H groups in total. The van der Waals surface area contributed by atoms with E-state index in [0.717, 1.165) is 28.8 Å². The minimum atomic E-state index is -0.633. The summed E-state index contributed by atoms with van der Waals surface area (Å²) in [6.45, 7) is 3.95. The van der Waals surface area contributed by atoms with Crippen LogP contribution in [-0.2, 0) is 16.0 Å². The highest BCUT2D eigenvalue weighted by atomic mass is 16.5. The first-order valence-electron chi connectivity index (χ1n) is 10.2. The van der Waals surface area contributed by atoms with Gasteiger partial charge >= 0.3 is 0 Å². The first-order chi connectivity index (χ1) is 14.5. The number of carbonyl (C=O) groups is 2. The minimum absolute atomic E-state index is 0.0145. The number of para-hydroxylation sites is 2. The molecule has 0 saturated heterocycles. The van der Waals surface area contributed by atoms with E-state index in [1.54, 1.807) is 7.11 Å². The number of benzene rings is 2. The number of methoxy groups -OCH3 is 1. The Labute approximate surface area is 176 Å². The Morgan fingerprint density at radius 2 is 1.87 bits per heavy atom. The molecule has 158 valence electrons. The fraction of sp³-hybridized carbons (Fsp3) is 0.348. The van der Waals surface area contributed by atoms with E-state index in [-0.39, 0.29) is 17.7 Å². The molecule has 0 aliphatic heterocycles. The van der Waals surface area contributed by atoms with Crippen molar-refractivity contribution in [2.24, 2.45) is 5.92 Å². The number of hydrogen-bond donors (Lipinski definition) is 3. The van der Waals surface area contributed by atoms with Crippen LogP contribution in [0, 0.1) is 5.92 Å². The van der Waals surface area contributed by atoms with Gasteiger partial charge in [-0.2, -0.15) is 0 Å². The van der Waals surface area contributed by atoms with Crippen LogP contribution in [0.25, 0.3) is 11.0 Å². The molecule has 30 heavy (non-hydrogen) atoms. The summed E-state index contributed by atoms with van der Waals surface area (Å²) in [5.74, 6) is 0.709. The summed E-state index contributed by atoms with van der Waals surface area (Å²) in [5, 5.41) is 5.70. The fourth-order valence-corrected chi connectivity index (χ4v) is 3.20. The molecule has 1 heterocycles. The largest absolute Gasteiger partial charge is 0.497 e. The van der Waals surface area contributed by atoms with Gasteiger partial charge in [0, 0.05) is 6.42 Å². The molecular formula is C23H28N4O3. The van der Waals surface area contributed by atoms with Gasteiger partial charge in [-0.3, -0.25) is 14.9 Å². The van der Waals surface area contributed by atoms with Crippen LogP contribution in [0.3, 0.4) is 0 Å². The Balaban J connectivity index is 1.60. The van der Waals surface area contributed by atoms with E-state index in [1.165, 1.54) is 0 Å². The molecule has 0 bridgehead atoms. The zero-order valence-corrected chi connectivity index (χ0v) is 17.6. The minimum Gasteiger partial charge on any atom is -0.497 e. The lowest BCUT2D eigenvalue weighted by molar-refractivity contribution is -0.127. The van der Waals surface area contributed by atoms with Gasteiger partial charge in [0.25, 0.3) is 0 Å². The molecule has 0 spiro atoms. The van der Waals surface area contributed by atoms with Crippen molar-refractivity contribution >= 4 is 28.8 Å². The van der Waals surface area contributed by atoms with Gasteiger partial charge in [-0.1, -0.05) is 44.5 Å². The number of ether oxygens (including phenoxy) is 1. The number of fused-ring (bicyclic) bond motifs is 1. The van der Waals surface area contributed by atoms with Gasteiger partial charge in [0.2, 0.25) is 17.8 Å². The molecule has 0 radical (unpaired) electrons. The SMILES string of the molecule is CC[C@@H](C)[C@@H](NC(=O)CCc1ccc(OC)cc1)C(=O)Nc1nc2ccccc2[nH]1. The van der Waals surface area contributed by atoms with Crippen molar-refractivity contribution in [1.29, 1.82) is 0 Å². The third kappa shape index (κ3) is 5.37. The first kappa shape index (κ1) is 21.4. The molecule has 7 heteroatoms.